The zero-order valence-electron chi connectivity index (χ0n) is 51.1. The largest absolute Gasteiger partial charge is 0.466 e. The Labute approximate surface area is 469 Å². The number of unbranched alkanes of at least 4 members (excludes halogenated alkanes) is 52. The van der Waals surface area contributed by atoms with E-state index < -0.39 is 12.1 Å². The Bertz CT molecular complexity index is 1130. The van der Waals surface area contributed by atoms with Crippen molar-refractivity contribution in [2.45, 2.75) is 405 Å². The molecule has 2 unspecified atom stereocenters. The molecule has 0 aliphatic heterocycles. The van der Waals surface area contributed by atoms with E-state index in [1.807, 2.05) is 0 Å². The second kappa shape index (κ2) is 65.1. The number of amides is 1. The van der Waals surface area contributed by atoms with Crippen LogP contribution in [-0.2, 0) is 14.3 Å². The molecule has 446 valence electrons. The van der Waals surface area contributed by atoms with Gasteiger partial charge in [0.25, 0.3) is 0 Å². The normalized spacial score (nSPS) is 12.5. The lowest BCUT2D eigenvalue weighted by Crippen LogP contribution is -2.45. The minimum atomic E-state index is -0.662. The van der Waals surface area contributed by atoms with Crippen LogP contribution in [0.4, 0.5) is 0 Å². The topological polar surface area (TPSA) is 95.9 Å². The summed E-state index contributed by atoms with van der Waals surface area (Å²) in [7, 11) is 0. The maximum absolute atomic E-state index is 12.5. The molecule has 3 N–H and O–H groups in total. The molecule has 1 amide bonds. The zero-order chi connectivity index (χ0) is 54.3. The second-order valence-electron chi connectivity index (χ2n) is 23.9. The predicted molar refractivity (Wildman–Crippen MR) is 329 cm³/mol. The summed E-state index contributed by atoms with van der Waals surface area (Å²) in [5, 5.41) is 23.3. The molecule has 0 aromatic heterocycles. The van der Waals surface area contributed by atoms with Gasteiger partial charge in [-0.3, -0.25) is 9.59 Å². The molecule has 75 heavy (non-hydrogen) atoms. The van der Waals surface area contributed by atoms with Crippen LogP contribution in [0.15, 0.2) is 12.2 Å². The second-order valence-corrected chi connectivity index (χ2v) is 23.9. The molecule has 0 heterocycles. The van der Waals surface area contributed by atoms with Crippen molar-refractivity contribution in [1.29, 1.82) is 0 Å². The van der Waals surface area contributed by atoms with E-state index in [0.29, 0.717) is 25.9 Å². The Hall–Kier alpha value is -1.40. The number of nitrogens with one attached hydrogen (secondary N) is 1. The summed E-state index contributed by atoms with van der Waals surface area (Å²) >= 11 is 0. The van der Waals surface area contributed by atoms with Crippen LogP contribution in [0.1, 0.15) is 393 Å². The van der Waals surface area contributed by atoms with Gasteiger partial charge in [0.05, 0.1) is 25.4 Å². The lowest BCUT2D eigenvalue weighted by atomic mass is 10.0. The Morgan fingerprint density at radius 3 is 0.947 bits per heavy atom. The van der Waals surface area contributed by atoms with Gasteiger partial charge in [-0.05, 0) is 51.4 Å². The summed E-state index contributed by atoms with van der Waals surface area (Å²) in [6.07, 6.45) is 79.7. The summed E-state index contributed by atoms with van der Waals surface area (Å²) in [5.41, 5.74) is 0. The van der Waals surface area contributed by atoms with Crippen LogP contribution >= 0.6 is 0 Å². The van der Waals surface area contributed by atoms with Crippen LogP contribution < -0.4 is 5.32 Å². The summed E-state index contributed by atoms with van der Waals surface area (Å²) in [6, 6.07) is -0.539. The summed E-state index contributed by atoms with van der Waals surface area (Å²) < 4.78 is 5.48. The first-order valence-electron chi connectivity index (χ1n) is 34.4. The number of rotatable bonds is 65. The molecule has 0 aromatic carbocycles. The van der Waals surface area contributed by atoms with E-state index in [4.69, 9.17) is 4.74 Å². The van der Waals surface area contributed by atoms with Gasteiger partial charge in [0.2, 0.25) is 5.91 Å². The zero-order valence-corrected chi connectivity index (χ0v) is 51.1. The predicted octanol–water partition coefficient (Wildman–Crippen LogP) is 22.0. The number of aliphatic hydroxyl groups is 2. The Balaban J connectivity index is 3.35. The van der Waals surface area contributed by atoms with Gasteiger partial charge >= 0.3 is 5.97 Å². The summed E-state index contributed by atoms with van der Waals surface area (Å²) in [5.74, 6) is -0.0106. The molecule has 0 spiro atoms. The SMILES string of the molecule is CCCCCCCCCCCCCCCCCC(O)C(CO)NC(=O)CCCCCCCCCCCCCCCCC/C=C\CCCCCCCCCCCCCCOC(=O)CCCCCCCCCCCCCC. The molecule has 0 saturated carbocycles. The Kier molecular flexibility index (Phi) is 63.9. The number of ether oxygens (including phenoxy) is 1. The molecule has 0 aliphatic carbocycles. The van der Waals surface area contributed by atoms with Crippen molar-refractivity contribution in [3.63, 3.8) is 0 Å². The van der Waals surface area contributed by atoms with Crippen LogP contribution in [0.5, 0.6) is 0 Å². The van der Waals surface area contributed by atoms with Gasteiger partial charge in [0.15, 0.2) is 0 Å². The highest BCUT2D eigenvalue weighted by atomic mass is 16.5. The molecule has 6 nitrogen and oxygen atoms in total. The highest BCUT2D eigenvalue weighted by Crippen LogP contribution is 2.19. The van der Waals surface area contributed by atoms with E-state index in [9.17, 15) is 19.8 Å². The van der Waals surface area contributed by atoms with E-state index in [2.05, 4.69) is 31.3 Å². The molecule has 0 radical (unpaired) electrons. The number of esters is 1. The van der Waals surface area contributed by atoms with Gasteiger partial charge in [-0.1, -0.05) is 341 Å². The third-order valence-electron chi connectivity index (χ3n) is 16.3. The molecule has 0 rings (SSSR count). The van der Waals surface area contributed by atoms with Crippen molar-refractivity contribution in [2.75, 3.05) is 13.2 Å². The number of hydrogen-bond acceptors (Lipinski definition) is 5. The fraction of sp³-hybridized carbons (Fsp3) is 0.942. The molecule has 0 saturated heterocycles. The van der Waals surface area contributed by atoms with Crippen molar-refractivity contribution >= 4 is 11.9 Å². The third kappa shape index (κ3) is 61.7. The molecule has 0 aromatic rings. The average Bonchev–Trinajstić information content (AvgIpc) is 3.41. The molecule has 0 fully saturated rings. The van der Waals surface area contributed by atoms with E-state index in [0.717, 1.165) is 38.5 Å². The minimum Gasteiger partial charge on any atom is -0.466 e. The smallest absolute Gasteiger partial charge is 0.305 e. The number of carbonyl (C=O) groups is 2. The fourth-order valence-electron chi connectivity index (χ4n) is 11.1. The van der Waals surface area contributed by atoms with E-state index in [1.54, 1.807) is 0 Å². The summed E-state index contributed by atoms with van der Waals surface area (Å²) in [4.78, 5) is 24.5. The van der Waals surface area contributed by atoms with Crippen LogP contribution in [-0.4, -0.2) is 47.4 Å². The first-order chi connectivity index (χ1) is 37.0. The minimum absolute atomic E-state index is 0.0191. The lowest BCUT2D eigenvalue weighted by molar-refractivity contribution is -0.143. The lowest BCUT2D eigenvalue weighted by Gasteiger charge is -2.22. The van der Waals surface area contributed by atoms with Crippen LogP contribution in [0.25, 0.3) is 0 Å². The average molecular weight is 1060 g/mol. The number of aliphatic hydroxyl groups excluding tert-OH is 2. The van der Waals surface area contributed by atoms with Gasteiger partial charge in [0.1, 0.15) is 0 Å². The van der Waals surface area contributed by atoms with Crippen molar-refractivity contribution in [2.24, 2.45) is 0 Å². The van der Waals surface area contributed by atoms with Crippen molar-refractivity contribution in [3.05, 3.63) is 12.2 Å². The Morgan fingerprint density at radius 1 is 0.360 bits per heavy atom. The number of allylic oxidation sites excluding steroid dienone is 2. The van der Waals surface area contributed by atoms with Gasteiger partial charge in [-0.25, -0.2) is 0 Å². The number of hydrogen-bond donors (Lipinski definition) is 3. The monoisotopic (exact) mass is 1060 g/mol. The fourth-order valence-corrected chi connectivity index (χ4v) is 11.1. The maximum Gasteiger partial charge on any atom is 0.305 e. The van der Waals surface area contributed by atoms with Crippen molar-refractivity contribution < 1.29 is 24.5 Å². The highest BCUT2D eigenvalue weighted by molar-refractivity contribution is 5.76. The van der Waals surface area contributed by atoms with Crippen LogP contribution in [0.3, 0.4) is 0 Å². The van der Waals surface area contributed by atoms with Crippen LogP contribution in [0.2, 0.25) is 0 Å². The van der Waals surface area contributed by atoms with E-state index in [-0.39, 0.29) is 18.5 Å². The molecule has 0 bridgehead atoms. The van der Waals surface area contributed by atoms with Gasteiger partial charge in [-0.2, -0.15) is 0 Å². The third-order valence-corrected chi connectivity index (χ3v) is 16.3. The Morgan fingerprint density at radius 2 is 0.627 bits per heavy atom. The first kappa shape index (κ1) is 73.6. The molecular formula is C69H135NO5. The molecule has 2 atom stereocenters. The van der Waals surface area contributed by atoms with E-state index in [1.165, 1.54) is 321 Å². The van der Waals surface area contributed by atoms with Crippen molar-refractivity contribution in [3.8, 4) is 0 Å². The van der Waals surface area contributed by atoms with Crippen LogP contribution in [0, 0.1) is 0 Å². The molecule has 6 heteroatoms. The van der Waals surface area contributed by atoms with Gasteiger partial charge in [0, 0.05) is 12.8 Å². The van der Waals surface area contributed by atoms with Gasteiger partial charge < -0.3 is 20.3 Å². The summed E-state index contributed by atoms with van der Waals surface area (Å²) in [6.45, 7) is 4.99. The molecule has 0 aliphatic rings. The standard InChI is InChI=1S/C69H135NO5/c1-3-5-7-9-11-13-15-17-35-38-41-45-49-53-57-61-67(72)66(65-71)70-68(73)62-58-54-50-46-42-39-36-33-31-29-27-25-23-21-19-18-20-22-24-26-28-30-32-34-37-40-44-48-52-56-60-64-75-69(74)63-59-55-51-47-43-16-14-12-10-8-6-4-2/h20,22,66-67,71-72H,3-19,21,23-65H2,1-2H3,(H,70,73)/b22-20-. The van der Waals surface area contributed by atoms with Gasteiger partial charge in [-0.15, -0.1) is 0 Å². The number of carbonyl (C=O) groups excluding carboxylic acids is 2. The maximum atomic E-state index is 12.5. The first-order valence-corrected chi connectivity index (χ1v) is 34.4. The van der Waals surface area contributed by atoms with Crippen molar-refractivity contribution in [1.82, 2.24) is 5.32 Å². The quantitative estimate of drug-likeness (QED) is 0.0320. The molecular weight excluding hydrogens is 923 g/mol. The highest BCUT2D eigenvalue weighted by Gasteiger charge is 2.20. The van der Waals surface area contributed by atoms with E-state index >= 15 is 0 Å².